The van der Waals surface area contributed by atoms with Gasteiger partial charge in [-0.1, -0.05) is 35.6 Å². The van der Waals surface area contributed by atoms with Crippen LogP contribution in [0.2, 0.25) is 0 Å². The SMILES string of the molecule is CN(Cc1ccc(Oc2nc3ccccc3s2)cc1)C1CC2CC[C@@H](C1)N2C(N)=O. The van der Waals surface area contributed by atoms with Crippen molar-refractivity contribution in [2.45, 2.75) is 50.4 Å². The van der Waals surface area contributed by atoms with Crippen LogP contribution in [0.4, 0.5) is 4.79 Å². The average molecular weight is 423 g/mol. The van der Waals surface area contributed by atoms with Crippen LogP contribution in [0.25, 0.3) is 10.2 Å². The van der Waals surface area contributed by atoms with Gasteiger partial charge in [-0.3, -0.25) is 4.90 Å². The Morgan fingerprint density at radius 3 is 2.53 bits per heavy atom. The smallest absolute Gasteiger partial charge is 0.315 e. The van der Waals surface area contributed by atoms with Crippen LogP contribution in [0.3, 0.4) is 0 Å². The Kier molecular flexibility index (Phi) is 5.08. The van der Waals surface area contributed by atoms with Crippen LogP contribution in [-0.4, -0.2) is 46.0 Å². The van der Waals surface area contributed by atoms with Gasteiger partial charge in [0.05, 0.1) is 10.2 Å². The number of piperidine rings is 1. The number of carbonyl (C=O) groups is 1. The first-order valence-electron chi connectivity index (χ1n) is 10.5. The van der Waals surface area contributed by atoms with E-state index in [0.29, 0.717) is 23.3 Å². The molecule has 7 heteroatoms. The second-order valence-corrected chi connectivity index (χ2v) is 9.36. The first-order valence-corrected chi connectivity index (χ1v) is 11.3. The van der Waals surface area contributed by atoms with Crippen molar-refractivity contribution in [3.8, 4) is 10.9 Å². The first kappa shape index (κ1) is 19.3. The molecule has 5 rings (SSSR count). The fraction of sp³-hybridized carbons (Fsp3) is 0.391. The molecule has 3 heterocycles. The van der Waals surface area contributed by atoms with Crippen LogP contribution in [0.15, 0.2) is 48.5 Å². The van der Waals surface area contributed by atoms with Crippen LogP contribution < -0.4 is 10.5 Å². The fourth-order valence-corrected chi connectivity index (χ4v) is 5.78. The monoisotopic (exact) mass is 422 g/mol. The number of hydrogen-bond donors (Lipinski definition) is 1. The third kappa shape index (κ3) is 3.75. The van der Waals surface area contributed by atoms with Gasteiger partial charge < -0.3 is 15.4 Å². The Morgan fingerprint density at radius 1 is 1.17 bits per heavy atom. The number of fused-ring (bicyclic) bond motifs is 3. The van der Waals surface area contributed by atoms with Gasteiger partial charge >= 0.3 is 6.03 Å². The molecule has 3 atom stereocenters. The first-order chi connectivity index (χ1) is 14.6. The van der Waals surface area contributed by atoms with Gasteiger partial charge in [0.25, 0.3) is 5.19 Å². The summed E-state index contributed by atoms with van der Waals surface area (Å²) < 4.78 is 7.08. The van der Waals surface area contributed by atoms with E-state index in [-0.39, 0.29) is 6.03 Å². The van der Waals surface area contributed by atoms with E-state index in [1.807, 2.05) is 35.2 Å². The number of amides is 2. The van der Waals surface area contributed by atoms with E-state index in [1.165, 1.54) is 5.56 Å². The number of carbonyl (C=O) groups excluding carboxylic acids is 1. The number of urea groups is 1. The van der Waals surface area contributed by atoms with Gasteiger partial charge in [-0.2, -0.15) is 0 Å². The Morgan fingerprint density at radius 2 is 1.87 bits per heavy atom. The van der Waals surface area contributed by atoms with Gasteiger partial charge in [0.15, 0.2) is 0 Å². The number of rotatable bonds is 5. The highest BCUT2D eigenvalue weighted by Gasteiger charge is 2.43. The minimum atomic E-state index is -0.257. The number of ether oxygens (including phenoxy) is 1. The standard InChI is InChI=1S/C23H26N4O2S/c1-26(18-12-16-8-9-17(13-18)27(16)22(24)28)14-15-6-10-19(11-7-15)29-23-25-20-4-2-3-5-21(20)30-23/h2-7,10-11,16-18H,8-9,12-14H2,1H3,(H2,24,28)/t16-,17?,18?/m0/s1. The fourth-order valence-electron chi connectivity index (χ4n) is 4.94. The van der Waals surface area contributed by atoms with E-state index in [4.69, 9.17) is 10.5 Å². The van der Waals surface area contributed by atoms with E-state index in [0.717, 1.165) is 48.2 Å². The minimum Gasteiger partial charge on any atom is -0.431 e. The molecule has 1 aromatic heterocycles. The number of thiazole rings is 1. The summed E-state index contributed by atoms with van der Waals surface area (Å²) in [4.78, 5) is 20.6. The van der Waals surface area contributed by atoms with Crippen molar-refractivity contribution in [2.24, 2.45) is 5.73 Å². The summed E-state index contributed by atoms with van der Waals surface area (Å²) in [7, 11) is 2.18. The van der Waals surface area contributed by atoms with Crippen LogP contribution in [0.5, 0.6) is 10.9 Å². The molecule has 6 nitrogen and oxygen atoms in total. The van der Waals surface area contributed by atoms with Crippen molar-refractivity contribution >= 4 is 27.6 Å². The molecule has 156 valence electrons. The molecule has 2 bridgehead atoms. The Balaban J connectivity index is 1.20. The van der Waals surface area contributed by atoms with Crippen molar-refractivity contribution in [1.29, 1.82) is 0 Å². The van der Waals surface area contributed by atoms with Gasteiger partial charge in [0, 0.05) is 24.7 Å². The van der Waals surface area contributed by atoms with E-state index in [2.05, 4.69) is 35.1 Å². The summed E-state index contributed by atoms with van der Waals surface area (Å²) in [6, 6.07) is 17.1. The zero-order valence-electron chi connectivity index (χ0n) is 17.0. The molecule has 2 fully saturated rings. The highest BCUT2D eigenvalue weighted by atomic mass is 32.1. The van der Waals surface area contributed by atoms with Crippen LogP contribution in [0, 0.1) is 0 Å². The van der Waals surface area contributed by atoms with Crippen molar-refractivity contribution < 1.29 is 9.53 Å². The number of benzene rings is 2. The molecule has 0 saturated carbocycles. The van der Waals surface area contributed by atoms with Gasteiger partial charge in [0.1, 0.15) is 5.75 Å². The average Bonchev–Trinajstić information content (AvgIpc) is 3.26. The molecular formula is C23H26N4O2S. The summed E-state index contributed by atoms with van der Waals surface area (Å²) in [5.41, 5.74) is 7.80. The topological polar surface area (TPSA) is 71.7 Å². The maximum Gasteiger partial charge on any atom is 0.315 e. The van der Waals surface area contributed by atoms with E-state index in [9.17, 15) is 4.79 Å². The zero-order valence-corrected chi connectivity index (χ0v) is 17.8. The second-order valence-electron chi connectivity index (χ2n) is 8.36. The van der Waals surface area contributed by atoms with Gasteiger partial charge in [-0.15, -0.1) is 0 Å². The van der Waals surface area contributed by atoms with Gasteiger partial charge in [-0.05, 0) is 62.6 Å². The van der Waals surface area contributed by atoms with E-state index < -0.39 is 0 Å². The largest absolute Gasteiger partial charge is 0.431 e. The molecule has 30 heavy (non-hydrogen) atoms. The molecular weight excluding hydrogens is 396 g/mol. The van der Waals surface area contributed by atoms with Crippen LogP contribution >= 0.6 is 11.3 Å². The lowest BCUT2D eigenvalue weighted by atomic mass is 9.96. The molecule has 0 aliphatic carbocycles. The molecule has 0 spiro atoms. The highest BCUT2D eigenvalue weighted by molar-refractivity contribution is 7.20. The Labute approximate surface area is 180 Å². The number of primary amides is 1. The van der Waals surface area contributed by atoms with Crippen molar-refractivity contribution in [1.82, 2.24) is 14.8 Å². The molecule has 2 unspecified atom stereocenters. The molecule has 3 aromatic rings. The summed E-state index contributed by atoms with van der Waals surface area (Å²) in [5.74, 6) is 0.799. The second kappa shape index (κ2) is 7.89. The van der Waals surface area contributed by atoms with Crippen molar-refractivity contribution in [2.75, 3.05) is 7.05 Å². The molecule has 2 aliphatic heterocycles. The summed E-state index contributed by atoms with van der Waals surface area (Å²) >= 11 is 1.56. The number of nitrogens with two attached hydrogens (primary N) is 1. The molecule has 2 amide bonds. The third-order valence-corrected chi connectivity index (χ3v) is 7.34. The predicted molar refractivity (Wildman–Crippen MR) is 119 cm³/mol. The Bertz CT molecular complexity index is 1000. The van der Waals surface area contributed by atoms with Crippen molar-refractivity contribution in [3.63, 3.8) is 0 Å². The molecule has 0 radical (unpaired) electrons. The molecule has 2 aliphatic rings. The zero-order chi connectivity index (χ0) is 20.7. The number of aromatic nitrogens is 1. The molecule has 2 aromatic carbocycles. The maximum absolute atomic E-state index is 11.7. The number of nitrogens with zero attached hydrogens (tertiary/aromatic N) is 3. The quantitative estimate of drug-likeness (QED) is 0.653. The minimum absolute atomic E-state index is 0.257. The lowest BCUT2D eigenvalue weighted by Gasteiger charge is -2.41. The normalized spacial score (nSPS) is 23.3. The van der Waals surface area contributed by atoms with E-state index >= 15 is 0 Å². The maximum atomic E-state index is 11.7. The number of hydrogen-bond acceptors (Lipinski definition) is 5. The highest BCUT2D eigenvalue weighted by Crippen LogP contribution is 2.37. The van der Waals surface area contributed by atoms with Gasteiger partial charge in [-0.25, -0.2) is 9.78 Å². The van der Waals surface area contributed by atoms with Crippen LogP contribution in [0.1, 0.15) is 31.2 Å². The third-order valence-electron chi connectivity index (χ3n) is 6.42. The van der Waals surface area contributed by atoms with E-state index in [1.54, 1.807) is 11.3 Å². The predicted octanol–water partition coefficient (Wildman–Crippen LogP) is 4.59. The van der Waals surface area contributed by atoms with Crippen molar-refractivity contribution in [3.05, 3.63) is 54.1 Å². The molecule has 2 saturated heterocycles. The molecule has 2 N–H and O–H groups in total. The van der Waals surface area contributed by atoms with Gasteiger partial charge in [0.2, 0.25) is 0 Å². The Hall–Kier alpha value is -2.64. The number of para-hydroxylation sites is 1. The lowest BCUT2D eigenvalue weighted by molar-refractivity contribution is 0.0904. The summed E-state index contributed by atoms with van der Waals surface area (Å²) in [6.07, 6.45) is 4.18. The summed E-state index contributed by atoms with van der Waals surface area (Å²) in [5, 5.41) is 0.665. The lowest BCUT2D eigenvalue weighted by Crippen LogP contribution is -2.53. The summed E-state index contributed by atoms with van der Waals surface area (Å²) in [6.45, 7) is 0.877. The van der Waals surface area contributed by atoms with Crippen LogP contribution in [-0.2, 0) is 6.54 Å².